The average molecular weight is 497 g/mol. The Morgan fingerprint density at radius 1 is 1.03 bits per heavy atom. The van der Waals surface area contributed by atoms with Crippen molar-refractivity contribution >= 4 is 11.8 Å². The smallest absolute Gasteiger partial charge is 0.254 e. The number of aromatic nitrogens is 4. The number of benzene rings is 2. The van der Waals surface area contributed by atoms with Crippen molar-refractivity contribution in [3.05, 3.63) is 101 Å². The predicted octanol–water partition coefficient (Wildman–Crippen LogP) is 4.29. The van der Waals surface area contributed by atoms with Crippen LogP contribution in [0.4, 0.5) is 0 Å². The molecule has 1 aliphatic rings. The van der Waals surface area contributed by atoms with Crippen molar-refractivity contribution in [1.29, 1.82) is 0 Å². The molecule has 2 aromatic carbocycles. The number of rotatable bonds is 7. The Morgan fingerprint density at radius 3 is 2.49 bits per heavy atom. The molecule has 1 fully saturated rings. The lowest BCUT2D eigenvalue weighted by Crippen LogP contribution is -2.39. The second-order valence-electron chi connectivity index (χ2n) is 9.11. The second kappa shape index (κ2) is 10.6. The Kier molecular flexibility index (Phi) is 6.93. The van der Waals surface area contributed by atoms with Crippen LogP contribution < -0.4 is 10.5 Å². The molecular formula is C28H28N6O3. The van der Waals surface area contributed by atoms with Crippen LogP contribution in [0.3, 0.4) is 0 Å². The van der Waals surface area contributed by atoms with Crippen LogP contribution in [-0.2, 0) is 6.54 Å². The summed E-state index contributed by atoms with van der Waals surface area (Å²) in [6.45, 7) is 3.17. The molecule has 0 bridgehead atoms. The number of amides is 2. The molecule has 2 amide bonds. The van der Waals surface area contributed by atoms with Gasteiger partial charge in [-0.25, -0.2) is 4.98 Å². The highest BCUT2D eigenvalue weighted by molar-refractivity contribution is 5.94. The molecule has 3 heterocycles. The van der Waals surface area contributed by atoms with Gasteiger partial charge in [-0.1, -0.05) is 12.1 Å². The molecule has 0 spiro atoms. The molecule has 9 nitrogen and oxygen atoms in total. The van der Waals surface area contributed by atoms with Gasteiger partial charge in [0.05, 0.1) is 12.6 Å². The van der Waals surface area contributed by atoms with Crippen LogP contribution in [0.2, 0.25) is 0 Å². The average Bonchev–Trinajstić information content (AvgIpc) is 3.42. The van der Waals surface area contributed by atoms with Gasteiger partial charge in [-0.15, -0.1) is 0 Å². The molecule has 1 saturated heterocycles. The van der Waals surface area contributed by atoms with E-state index in [9.17, 15) is 9.59 Å². The van der Waals surface area contributed by atoms with Crippen molar-refractivity contribution < 1.29 is 14.3 Å². The molecule has 5 rings (SSSR count). The summed E-state index contributed by atoms with van der Waals surface area (Å²) in [7, 11) is 0. The number of ether oxygens (including phenoxy) is 1. The zero-order valence-electron chi connectivity index (χ0n) is 20.6. The van der Waals surface area contributed by atoms with Crippen LogP contribution in [0.5, 0.6) is 11.6 Å². The Labute approximate surface area is 214 Å². The first-order chi connectivity index (χ1) is 18.0. The molecular weight excluding hydrogens is 468 g/mol. The van der Waals surface area contributed by atoms with E-state index in [1.807, 2.05) is 53.0 Å². The molecule has 1 aliphatic heterocycles. The predicted molar refractivity (Wildman–Crippen MR) is 137 cm³/mol. The molecule has 0 radical (unpaired) electrons. The van der Waals surface area contributed by atoms with Crippen molar-refractivity contribution in [2.24, 2.45) is 5.73 Å². The first kappa shape index (κ1) is 24.2. The van der Waals surface area contributed by atoms with E-state index in [0.29, 0.717) is 41.7 Å². The van der Waals surface area contributed by atoms with Crippen molar-refractivity contribution in [2.45, 2.75) is 38.8 Å². The van der Waals surface area contributed by atoms with E-state index in [4.69, 9.17) is 10.5 Å². The van der Waals surface area contributed by atoms with Gasteiger partial charge >= 0.3 is 0 Å². The van der Waals surface area contributed by atoms with E-state index < -0.39 is 5.91 Å². The maximum absolute atomic E-state index is 13.5. The Hall–Kier alpha value is -4.53. The van der Waals surface area contributed by atoms with Gasteiger partial charge in [0, 0.05) is 41.8 Å². The normalized spacial score (nSPS) is 15.4. The molecule has 2 N–H and O–H groups in total. The van der Waals surface area contributed by atoms with Crippen LogP contribution in [0.1, 0.15) is 63.1 Å². The van der Waals surface area contributed by atoms with Gasteiger partial charge in [-0.05, 0) is 74.2 Å². The summed E-state index contributed by atoms with van der Waals surface area (Å²) in [4.78, 5) is 36.1. The van der Waals surface area contributed by atoms with Crippen molar-refractivity contribution in [1.82, 2.24) is 24.6 Å². The summed E-state index contributed by atoms with van der Waals surface area (Å²) < 4.78 is 7.79. The quantitative estimate of drug-likeness (QED) is 0.408. The maximum atomic E-state index is 13.5. The molecule has 2 aromatic heterocycles. The van der Waals surface area contributed by atoms with Crippen LogP contribution in [0.25, 0.3) is 0 Å². The van der Waals surface area contributed by atoms with Crippen molar-refractivity contribution in [3.63, 3.8) is 0 Å². The zero-order valence-corrected chi connectivity index (χ0v) is 20.6. The molecule has 0 unspecified atom stereocenters. The monoisotopic (exact) mass is 496 g/mol. The first-order valence-corrected chi connectivity index (χ1v) is 12.3. The number of carbonyl (C=O) groups excluding carboxylic acids is 2. The first-order valence-electron chi connectivity index (χ1n) is 12.3. The Balaban J connectivity index is 1.34. The van der Waals surface area contributed by atoms with Crippen LogP contribution in [0, 0.1) is 6.92 Å². The van der Waals surface area contributed by atoms with Crippen LogP contribution >= 0.6 is 0 Å². The highest BCUT2D eigenvalue weighted by Crippen LogP contribution is 2.32. The second-order valence-corrected chi connectivity index (χ2v) is 9.11. The number of hydrogen-bond acceptors (Lipinski definition) is 6. The molecule has 0 aliphatic carbocycles. The summed E-state index contributed by atoms with van der Waals surface area (Å²) >= 11 is 0. The van der Waals surface area contributed by atoms with Crippen LogP contribution in [-0.4, -0.2) is 43.0 Å². The fourth-order valence-corrected chi connectivity index (χ4v) is 4.51. The van der Waals surface area contributed by atoms with Gasteiger partial charge < -0.3 is 15.4 Å². The largest absolute Gasteiger partial charge is 0.439 e. The minimum atomic E-state index is -0.499. The van der Waals surface area contributed by atoms with E-state index in [1.54, 1.807) is 36.5 Å². The van der Waals surface area contributed by atoms with E-state index in [2.05, 4.69) is 15.1 Å². The number of nitrogens with two attached hydrogens (primary N) is 1. The number of primary amides is 1. The number of nitrogens with zero attached hydrogens (tertiary/aromatic N) is 5. The molecule has 188 valence electrons. The van der Waals surface area contributed by atoms with Gasteiger partial charge in [0.25, 0.3) is 5.91 Å². The summed E-state index contributed by atoms with van der Waals surface area (Å²) in [5.74, 6) is 0.939. The SMILES string of the molecule is Cc1cc(Oc2ccc(C(N)=O)cc2)nc([C@H]2CCCCN2C(=O)c2ccc(Cn3cccn3)cc2)n1. The molecule has 9 heteroatoms. The summed E-state index contributed by atoms with van der Waals surface area (Å²) in [6.07, 6.45) is 6.35. The third kappa shape index (κ3) is 5.66. The lowest BCUT2D eigenvalue weighted by molar-refractivity contribution is 0.0598. The Bertz CT molecular complexity index is 1380. The van der Waals surface area contributed by atoms with Crippen molar-refractivity contribution in [2.75, 3.05) is 6.54 Å². The molecule has 1 atom stereocenters. The van der Waals surface area contributed by atoms with E-state index >= 15 is 0 Å². The van der Waals surface area contributed by atoms with Gasteiger partial charge in [0.15, 0.2) is 5.82 Å². The maximum Gasteiger partial charge on any atom is 0.254 e. The van der Waals surface area contributed by atoms with Gasteiger partial charge in [-0.2, -0.15) is 10.1 Å². The van der Waals surface area contributed by atoms with Gasteiger partial charge in [0.2, 0.25) is 11.8 Å². The molecule has 4 aromatic rings. The minimum absolute atomic E-state index is 0.0371. The minimum Gasteiger partial charge on any atom is -0.439 e. The summed E-state index contributed by atoms with van der Waals surface area (Å²) in [5, 5.41) is 4.24. The van der Waals surface area contributed by atoms with E-state index in [1.165, 1.54) is 0 Å². The number of aryl methyl sites for hydroxylation is 1. The number of piperidine rings is 1. The van der Waals surface area contributed by atoms with Gasteiger partial charge in [-0.3, -0.25) is 14.3 Å². The zero-order chi connectivity index (χ0) is 25.8. The fraction of sp³-hybridized carbons (Fsp3) is 0.250. The lowest BCUT2D eigenvalue weighted by atomic mass is 9.99. The highest BCUT2D eigenvalue weighted by Gasteiger charge is 2.31. The molecule has 0 saturated carbocycles. The Morgan fingerprint density at radius 2 is 1.78 bits per heavy atom. The summed E-state index contributed by atoms with van der Waals surface area (Å²) in [5.41, 5.74) is 8.17. The number of carbonyl (C=O) groups is 2. The summed E-state index contributed by atoms with van der Waals surface area (Å²) in [6, 6.07) is 17.6. The topological polar surface area (TPSA) is 116 Å². The number of likely N-dealkylation sites (tertiary alicyclic amines) is 1. The van der Waals surface area contributed by atoms with Crippen LogP contribution in [0.15, 0.2) is 73.1 Å². The third-order valence-electron chi connectivity index (χ3n) is 6.38. The molecule has 37 heavy (non-hydrogen) atoms. The van der Waals surface area contributed by atoms with E-state index in [0.717, 1.165) is 30.5 Å². The fourth-order valence-electron chi connectivity index (χ4n) is 4.51. The number of hydrogen-bond donors (Lipinski definition) is 1. The lowest BCUT2D eigenvalue weighted by Gasteiger charge is -2.35. The standard InChI is InChI=1S/C28H28N6O3/c1-19-17-25(37-23-12-10-21(11-13-23)26(29)35)32-27(31-19)24-5-2-3-16-34(24)28(36)22-8-6-20(7-9-22)18-33-15-4-14-30-33/h4,6-15,17,24H,2-3,5,16,18H2,1H3,(H2,29,35)/t24-/m1/s1. The van der Waals surface area contributed by atoms with Gasteiger partial charge in [0.1, 0.15) is 5.75 Å². The highest BCUT2D eigenvalue weighted by atomic mass is 16.5. The van der Waals surface area contributed by atoms with Crippen molar-refractivity contribution in [3.8, 4) is 11.6 Å². The third-order valence-corrected chi connectivity index (χ3v) is 6.38. The van der Waals surface area contributed by atoms with E-state index in [-0.39, 0.29) is 11.9 Å².